The van der Waals surface area contributed by atoms with Crippen molar-refractivity contribution in [2.24, 2.45) is 0 Å². The Morgan fingerprint density at radius 2 is 2.27 bits per heavy atom. The maximum atomic E-state index is 5.90. The van der Waals surface area contributed by atoms with Gasteiger partial charge < -0.3 is 10.5 Å². The second kappa shape index (κ2) is 3.54. The van der Waals surface area contributed by atoms with Crippen LogP contribution >= 0.6 is 11.6 Å². The van der Waals surface area contributed by atoms with E-state index in [2.05, 4.69) is 15.1 Å². The van der Waals surface area contributed by atoms with Crippen LogP contribution in [0.15, 0.2) is 6.33 Å². The van der Waals surface area contributed by atoms with Crippen LogP contribution in [-0.2, 0) is 0 Å². The zero-order valence-electron chi connectivity index (χ0n) is 8.31. The molecular formula is C8H10ClN5O. The SMILES string of the molecule is CC(C)Oc1c(Cl)ncn2nc(N)nc12. The Morgan fingerprint density at radius 3 is 2.93 bits per heavy atom. The summed E-state index contributed by atoms with van der Waals surface area (Å²) in [5.41, 5.74) is 5.94. The summed E-state index contributed by atoms with van der Waals surface area (Å²) >= 11 is 5.90. The average molecular weight is 228 g/mol. The third-order valence-corrected chi connectivity index (χ3v) is 1.94. The first-order chi connectivity index (χ1) is 7.08. The minimum Gasteiger partial charge on any atom is -0.484 e. The van der Waals surface area contributed by atoms with E-state index in [4.69, 9.17) is 22.1 Å². The van der Waals surface area contributed by atoms with Gasteiger partial charge in [-0.1, -0.05) is 11.6 Å². The molecule has 0 bridgehead atoms. The number of ether oxygens (including phenoxy) is 1. The Bertz CT molecular complexity index is 495. The van der Waals surface area contributed by atoms with Crippen molar-refractivity contribution in [1.29, 1.82) is 0 Å². The quantitative estimate of drug-likeness (QED) is 0.779. The molecule has 0 fully saturated rings. The van der Waals surface area contributed by atoms with E-state index in [1.54, 1.807) is 0 Å². The molecule has 80 valence electrons. The molecule has 0 amide bonds. The fourth-order valence-corrected chi connectivity index (χ4v) is 1.34. The summed E-state index contributed by atoms with van der Waals surface area (Å²) in [5.74, 6) is 0.561. The minimum absolute atomic E-state index is 0.0200. The van der Waals surface area contributed by atoms with E-state index in [1.807, 2.05) is 13.8 Å². The number of nitrogen functional groups attached to an aromatic ring is 1. The van der Waals surface area contributed by atoms with E-state index < -0.39 is 0 Å². The molecule has 2 aromatic rings. The van der Waals surface area contributed by atoms with Gasteiger partial charge in [-0.25, -0.2) is 4.98 Å². The lowest BCUT2D eigenvalue weighted by Gasteiger charge is -2.10. The number of fused-ring (bicyclic) bond motifs is 1. The highest BCUT2D eigenvalue weighted by Gasteiger charge is 2.14. The Morgan fingerprint density at radius 1 is 1.53 bits per heavy atom. The minimum atomic E-state index is -0.0200. The molecule has 0 atom stereocenters. The standard InChI is InChI=1S/C8H10ClN5O/c1-4(2)15-5-6(9)11-3-14-7(5)12-8(10)13-14/h3-4H,1-2H3,(H2,10,13). The van der Waals surface area contributed by atoms with E-state index in [0.29, 0.717) is 11.4 Å². The molecule has 0 aromatic carbocycles. The van der Waals surface area contributed by atoms with E-state index >= 15 is 0 Å². The van der Waals surface area contributed by atoms with Gasteiger partial charge in [-0.2, -0.15) is 9.50 Å². The van der Waals surface area contributed by atoms with Crippen molar-refractivity contribution in [2.75, 3.05) is 5.73 Å². The smallest absolute Gasteiger partial charge is 0.240 e. The van der Waals surface area contributed by atoms with Crippen molar-refractivity contribution >= 4 is 23.2 Å². The molecule has 2 N–H and O–H groups in total. The fourth-order valence-electron chi connectivity index (χ4n) is 1.17. The van der Waals surface area contributed by atoms with Crippen molar-refractivity contribution in [3.63, 3.8) is 0 Å². The molecule has 0 unspecified atom stereocenters. The van der Waals surface area contributed by atoms with Crippen LogP contribution in [0.2, 0.25) is 5.15 Å². The topological polar surface area (TPSA) is 78.3 Å². The molecule has 0 radical (unpaired) electrons. The average Bonchev–Trinajstić information content (AvgIpc) is 2.51. The van der Waals surface area contributed by atoms with Gasteiger partial charge in [0, 0.05) is 0 Å². The second-order valence-corrected chi connectivity index (χ2v) is 3.63. The molecule has 6 nitrogen and oxygen atoms in total. The van der Waals surface area contributed by atoms with Gasteiger partial charge in [-0.15, -0.1) is 5.10 Å². The van der Waals surface area contributed by atoms with Crippen molar-refractivity contribution < 1.29 is 4.74 Å². The number of nitrogens with zero attached hydrogens (tertiary/aromatic N) is 4. The van der Waals surface area contributed by atoms with E-state index in [-0.39, 0.29) is 17.2 Å². The van der Waals surface area contributed by atoms with Crippen LogP contribution in [0.25, 0.3) is 5.65 Å². The summed E-state index contributed by atoms with van der Waals surface area (Å²) in [6.45, 7) is 3.78. The van der Waals surface area contributed by atoms with Gasteiger partial charge in [0.05, 0.1) is 6.10 Å². The van der Waals surface area contributed by atoms with Crippen molar-refractivity contribution in [1.82, 2.24) is 19.6 Å². The van der Waals surface area contributed by atoms with Crippen LogP contribution in [0.5, 0.6) is 5.75 Å². The second-order valence-electron chi connectivity index (χ2n) is 3.27. The molecule has 2 aromatic heterocycles. The van der Waals surface area contributed by atoms with Gasteiger partial charge in [0.25, 0.3) is 0 Å². The number of rotatable bonds is 2. The maximum Gasteiger partial charge on any atom is 0.240 e. The number of nitrogens with two attached hydrogens (primary N) is 1. The molecule has 0 aliphatic carbocycles. The Hall–Kier alpha value is -1.56. The molecule has 7 heteroatoms. The summed E-state index contributed by atoms with van der Waals surface area (Å²) in [6, 6.07) is 0. The molecule has 2 rings (SSSR count). The van der Waals surface area contributed by atoms with Crippen LogP contribution in [0.3, 0.4) is 0 Å². The maximum absolute atomic E-state index is 5.90. The first-order valence-electron chi connectivity index (χ1n) is 4.41. The van der Waals surface area contributed by atoms with E-state index in [9.17, 15) is 0 Å². The van der Waals surface area contributed by atoms with Crippen LogP contribution in [0, 0.1) is 0 Å². The predicted octanol–water partition coefficient (Wildman–Crippen LogP) is 1.15. The van der Waals surface area contributed by atoms with Gasteiger partial charge in [0.1, 0.15) is 6.33 Å². The van der Waals surface area contributed by atoms with Crippen LogP contribution in [-0.4, -0.2) is 25.7 Å². The Balaban J connectivity index is 2.62. The molecule has 0 aliphatic heterocycles. The highest BCUT2D eigenvalue weighted by molar-refractivity contribution is 6.31. The monoisotopic (exact) mass is 227 g/mol. The van der Waals surface area contributed by atoms with Crippen molar-refractivity contribution in [3.8, 4) is 5.75 Å². The van der Waals surface area contributed by atoms with E-state index in [0.717, 1.165) is 0 Å². The summed E-state index contributed by atoms with van der Waals surface area (Å²) in [4.78, 5) is 7.93. The summed E-state index contributed by atoms with van der Waals surface area (Å²) in [6.07, 6.45) is 1.42. The predicted molar refractivity (Wildman–Crippen MR) is 56.0 cm³/mol. The highest BCUT2D eigenvalue weighted by atomic mass is 35.5. The zero-order chi connectivity index (χ0) is 11.0. The first kappa shape index (κ1) is 9.97. The highest BCUT2D eigenvalue weighted by Crippen LogP contribution is 2.27. The molecule has 0 saturated carbocycles. The van der Waals surface area contributed by atoms with Gasteiger partial charge in [-0.3, -0.25) is 0 Å². The number of hydrogen-bond donors (Lipinski definition) is 1. The normalized spacial score (nSPS) is 11.2. The first-order valence-corrected chi connectivity index (χ1v) is 4.78. The largest absolute Gasteiger partial charge is 0.484 e. The van der Waals surface area contributed by atoms with Crippen LogP contribution in [0.4, 0.5) is 5.95 Å². The van der Waals surface area contributed by atoms with Crippen molar-refractivity contribution in [3.05, 3.63) is 11.5 Å². The molecule has 0 saturated heterocycles. The third-order valence-electron chi connectivity index (χ3n) is 1.67. The fraction of sp³-hybridized carbons (Fsp3) is 0.375. The molecule has 2 heterocycles. The molecule has 0 aliphatic rings. The number of halogens is 1. The number of anilines is 1. The summed E-state index contributed by atoms with van der Waals surface area (Å²) < 4.78 is 6.93. The van der Waals surface area contributed by atoms with E-state index in [1.165, 1.54) is 10.8 Å². The van der Waals surface area contributed by atoms with Gasteiger partial charge in [0.15, 0.2) is 5.15 Å². The third kappa shape index (κ3) is 1.80. The van der Waals surface area contributed by atoms with Crippen LogP contribution in [0.1, 0.15) is 13.8 Å². The van der Waals surface area contributed by atoms with Gasteiger partial charge in [-0.05, 0) is 13.8 Å². The number of aromatic nitrogens is 4. The molecule has 0 spiro atoms. The van der Waals surface area contributed by atoms with Gasteiger partial charge >= 0.3 is 0 Å². The zero-order valence-corrected chi connectivity index (χ0v) is 9.06. The Kier molecular flexibility index (Phi) is 2.36. The number of hydrogen-bond acceptors (Lipinski definition) is 5. The summed E-state index contributed by atoms with van der Waals surface area (Å²) in [5, 5.41) is 4.16. The lowest BCUT2D eigenvalue weighted by atomic mass is 10.4. The van der Waals surface area contributed by atoms with Crippen molar-refractivity contribution in [2.45, 2.75) is 20.0 Å². The summed E-state index contributed by atoms with van der Waals surface area (Å²) in [7, 11) is 0. The molecule has 15 heavy (non-hydrogen) atoms. The molecular weight excluding hydrogens is 218 g/mol. The Labute approximate surface area is 91.0 Å². The van der Waals surface area contributed by atoms with Gasteiger partial charge in [0.2, 0.25) is 17.3 Å². The lowest BCUT2D eigenvalue weighted by Crippen LogP contribution is -2.08. The lowest BCUT2D eigenvalue weighted by molar-refractivity contribution is 0.243. The van der Waals surface area contributed by atoms with Crippen LogP contribution < -0.4 is 10.5 Å².